The number of hydrogen-bond acceptors (Lipinski definition) is 3. The topological polar surface area (TPSA) is 35.5 Å². The van der Waals surface area contributed by atoms with Gasteiger partial charge in [0.25, 0.3) is 0 Å². The van der Waals surface area contributed by atoms with Crippen LogP contribution in [-0.2, 0) is 0 Å². The molecule has 2 unspecified atom stereocenters. The second kappa shape index (κ2) is 7.25. The van der Waals surface area contributed by atoms with E-state index in [9.17, 15) is 5.11 Å². The van der Waals surface area contributed by atoms with Gasteiger partial charge >= 0.3 is 0 Å². The summed E-state index contributed by atoms with van der Waals surface area (Å²) in [5.41, 5.74) is 0. The van der Waals surface area contributed by atoms with Gasteiger partial charge in [-0.3, -0.25) is 0 Å². The minimum absolute atomic E-state index is 0.248. The van der Waals surface area contributed by atoms with E-state index in [1.54, 1.807) is 0 Å². The highest BCUT2D eigenvalue weighted by Crippen LogP contribution is 2.17. The monoisotopic (exact) mass is 228 g/mol. The van der Waals surface area contributed by atoms with Crippen LogP contribution < -0.4 is 5.32 Å². The maximum atomic E-state index is 9.21. The fourth-order valence-corrected chi connectivity index (χ4v) is 2.46. The maximum Gasteiger partial charge on any atom is 0.0587 e. The van der Waals surface area contributed by atoms with Gasteiger partial charge in [0.1, 0.15) is 0 Å². The minimum Gasteiger partial charge on any atom is -0.395 e. The third-order valence-electron chi connectivity index (χ3n) is 3.81. The molecule has 1 heterocycles. The zero-order valence-electron chi connectivity index (χ0n) is 11.1. The zero-order valence-corrected chi connectivity index (χ0v) is 11.1. The van der Waals surface area contributed by atoms with Gasteiger partial charge < -0.3 is 15.3 Å². The summed E-state index contributed by atoms with van der Waals surface area (Å²) < 4.78 is 0. The first-order chi connectivity index (χ1) is 7.65. The molecule has 0 spiro atoms. The normalized spacial score (nSPS) is 24.9. The van der Waals surface area contributed by atoms with Gasteiger partial charge in [0.15, 0.2) is 0 Å². The van der Waals surface area contributed by atoms with Crippen molar-refractivity contribution in [3.63, 3.8) is 0 Å². The average Bonchev–Trinajstić information content (AvgIpc) is 2.26. The largest absolute Gasteiger partial charge is 0.395 e. The van der Waals surface area contributed by atoms with Crippen molar-refractivity contribution in [3.8, 4) is 0 Å². The van der Waals surface area contributed by atoms with Crippen LogP contribution in [0.25, 0.3) is 0 Å². The van der Waals surface area contributed by atoms with Gasteiger partial charge in [0.05, 0.1) is 6.61 Å². The summed E-state index contributed by atoms with van der Waals surface area (Å²) in [5, 5.41) is 12.7. The molecule has 2 atom stereocenters. The summed E-state index contributed by atoms with van der Waals surface area (Å²) in [5.74, 6) is 0.508. The molecule has 1 saturated heterocycles. The van der Waals surface area contributed by atoms with Crippen LogP contribution in [-0.4, -0.2) is 48.8 Å². The molecule has 0 saturated carbocycles. The quantitative estimate of drug-likeness (QED) is 0.722. The van der Waals surface area contributed by atoms with E-state index in [0.717, 1.165) is 12.6 Å². The molecule has 0 aromatic carbocycles. The Labute approximate surface area is 100 Å². The lowest BCUT2D eigenvalue weighted by Crippen LogP contribution is -2.42. The lowest BCUT2D eigenvalue weighted by molar-refractivity contribution is 0.166. The van der Waals surface area contributed by atoms with Gasteiger partial charge in [0, 0.05) is 12.1 Å². The third-order valence-corrected chi connectivity index (χ3v) is 3.81. The van der Waals surface area contributed by atoms with Crippen molar-refractivity contribution in [2.24, 2.45) is 5.92 Å². The Morgan fingerprint density at radius 2 is 2.12 bits per heavy atom. The van der Waals surface area contributed by atoms with Crippen molar-refractivity contribution in [2.75, 3.05) is 26.7 Å². The number of hydrogen-bond donors (Lipinski definition) is 2. The number of likely N-dealkylation sites (tertiary alicyclic amines) is 1. The first kappa shape index (κ1) is 13.9. The molecule has 0 radical (unpaired) electrons. The molecular formula is C13H28N2O. The van der Waals surface area contributed by atoms with Gasteiger partial charge in [-0.05, 0) is 45.3 Å². The maximum absolute atomic E-state index is 9.21. The highest BCUT2D eigenvalue weighted by atomic mass is 16.3. The number of aliphatic hydroxyl groups is 1. The molecule has 1 fully saturated rings. The fraction of sp³-hybridized carbons (Fsp3) is 1.00. The van der Waals surface area contributed by atoms with E-state index in [1.165, 1.54) is 32.2 Å². The van der Waals surface area contributed by atoms with Crippen molar-refractivity contribution >= 4 is 0 Å². The predicted molar refractivity (Wildman–Crippen MR) is 68.6 cm³/mol. The standard InChI is InChI=1S/C13H28N2O/c1-11(2)13(10-16)14-8-7-12-6-4-5-9-15(12)3/h11-14,16H,4-10H2,1-3H3. The molecule has 2 N–H and O–H groups in total. The van der Waals surface area contributed by atoms with E-state index in [4.69, 9.17) is 0 Å². The molecule has 3 nitrogen and oxygen atoms in total. The van der Waals surface area contributed by atoms with Crippen LogP contribution >= 0.6 is 0 Å². The van der Waals surface area contributed by atoms with Crippen LogP contribution in [0.15, 0.2) is 0 Å². The Morgan fingerprint density at radius 3 is 2.69 bits per heavy atom. The van der Waals surface area contributed by atoms with E-state index in [1.807, 2.05) is 0 Å². The van der Waals surface area contributed by atoms with Crippen LogP contribution in [0.1, 0.15) is 39.5 Å². The van der Waals surface area contributed by atoms with Gasteiger partial charge in [-0.1, -0.05) is 20.3 Å². The summed E-state index contributed by atoms with van der Waals surface area (Å²) in [7, 11) is 2.23. The second-order valence-electron chi connectivity index (χ2n) is 5.41. The summed E-state index contributed by atoms with van der Waals surface area (Å²) in [6.45, 7) is 6.83. The Hall–Kier alpha value is -0.120. The Bertz CT molecular complexity index is 185. The molecule has 96 valence electrons. The number of rotatable bonds is 6. The van der Waals surface area contributed by atoms with E-state index < -0.39 is 0 Å². The molecule has 0 bridgehead atoms. The molecule has 0 aromatic heterocycles. The van der Waals surface area contributed by atoms with Crippen LogP contribution in [0.2, 0.25) is 0 Å². The number of aliphatic hydroxyl groups excluding tert-OH is 1. The van der Waals surface area contributed by atoms with Crippen molar-refractivity contribution in [1.82, 2.24) is 10.2 Å². The molecule has 0 aliphatic carbocycles. The van der Waals surface area contributed by atoms with Gasteiger partial charge in [-0.25, -0.2) is 0 Å². The van der Waals surface area contributed by atoms with E-state index in [-0.39, 0.29) is 12.6 Å². The highest BCUT2D eigenvalue weighted by molar-refractivity contribution is 4.76. The van der Waals surface area contributed by atoms with Gasteiger partial charge in [-0.2, -0.15) is 0 Å². The van der Waals surface area contributed by atoms with Crippen LogP contribution in [0, 0.1) is 5.92 Å². The lowest BCUT2D eigenvalue weighted by Gasteiger charge is -2.33. The summed E-state index contributed by atoms with van der Waals surface area (Å²) >= 11 is 0. The van der Waals surface area contributed by atoms with Gasteiger partial charge in [-0.15, -0.1) is 0 Å². The fourth-order valence-electron chi connectivity index (χ4n) is 2.46. The summed E-state index contributed by atoms with van der Waals surface area (Å²) in [4.78, 5) is 2.48. The molecule has 1 aliphatic heterocycles. The number of piperidine rings is 1. The lowest BCUT2D eigenvalue weighted by atomic mass is 9.99. The van der Waals surface area contributed by atoms with Crippen LogP contribution in [0.4, 0.5) is 0 Å². The van der Waals surface area contributed by atoms with Crippen LogP contribution in [0.5, 0.6) is 0 Å². The Morgan fingerprint density at radius 1 is 1.38 bits per heavy atom. The average molecular weight is 228 g/mol. The summed E-state index contributed by atoms with van der Waals surface area (Å²) in [6.07, 6.45) is 5.28. The van der Waals surface area contributed by atoms with Crippen molar-refractivity contribution in [2.45, 2.75) is 51.6 Å². The highest BCUT2D eigenvalue weighted by Gasteiger charge is 2.19. The first-order valence-electron chi connectivity index (χ1n) is 6.69. The Kier molecular flexibility index (Phi) is 6.32. The van der Waals surface area contributed by atoms with Crippen LogP contribution in [0.3, 0.4) is 0 Å². The molecule has 16 heavy (non-hydrogen) atoms. The zero-order chi connectivity index (χ0) is 12.0. The number of nitrogens with zero attached hydrogens (tertiary/aromatic N) is 1. The predicted octanol–water partition coefficient (Wildman–Crippen LogP) is 1.47. The molecule has 3 heteroatoms. The minimum atomic E-state index is 0.248. The molecule has 0 amide bonds. The molecule has 1 aliphatic rings. The van der Waals surface area contributed by atoms with E-state index >= 15 is 0 Å². The van der Waals surface area contributed by atoms with Crippen molar-refractivity contribution in [3.05, 3.63) is 0 Å². The smallest absolute Gasteiger partial charge is 0.0587 e. The molecule has 0 aromatic rings. The number of nitrogens with one attached hydrogen (secondary N) is 1. The molecule has 1 rings (SSSR count). The first-order valence-corrected chi connectivity index (χ1v) is 6.69. The Balaban J connectivity index is 2.18. The third kappa shape index (κ3) is 4.40. The second-order valence-corrected chi connectivity index (χ2v) is 5.41. The SMILES string of the molecule is CC(C)C(CO)NCCC1CCCCN1C. The molecular weight excluding hydrogens is 200 g/mol. The summed E-state index contributed by atoms with van der Waals surface area (Å²) in [6, 6.07) is 1.00. The van der Waals surface area contributed by atoms with Gasteiger partial charge in [0.2, 0.25) is 0 Å². The van der Waals surface area contributed by atoms with Crippen molar-refractivity contribution in [1.29, 1.82) is 0 Å². The van der Waals surface area contributed by atoms with E-state index in [0.29, 0.717) is 5.92 Å². The van der Waals surface area contributed by atoms with E-state index in [2.05, 4.69) is 31.1 Å². The van der Waals surface area contributed by atoms with Crippen molar-refractivity contribution < 1.29 is 5.11 Å².